The molecule has 2 atom stereocenters. The van der Waals surface area contributed by atoms with Crippen LogP contribution in [-0.2, 0) is 16.0 Å². The fourth-order valence-corrected chi connectivity index (χ4v) is 2.02. The maximum atomic E-state index is 12.2. The number of benzene rings is 1. The summed E-state index contributed by atoms with van der Waals surface area (Å²) in [6.07, 6.45) is 0.548. The van der Waals surface area contributed by atoms with Crippen LogP contribution in [0.15, 0.2) is 30.3 Å². The Labute approximate surface area is 119 Å². The summed E-state index contributed by atoms with van der Waals surface area (Å²) >= 11 is 0. The molecule has 0 spiro atoms. The molecule has 5 N–H and O–H groups in total. The number of carbonyl (C=O) groups is 2. The Morgan fingerprint density at radius 1 is 1.20 bits per heavy atom. The lowest BCUT2D eigenvalue weighted by atomic mass is 9.97. The minimum atomic E-state index is -0.660. The highest BCUT2D eigenvalue weighted by atomic mass is 16.2. The molecule has 1 rings (SSSR count). The van der Waals surface area contributed by atoms with E-state index in [-0.39, 0.29) is 24.3 Å². The molecule has 20 heavy (non-hydrogen) atoms. The first-order valence-corrected chi connectivity index (χ1v) is 6.79. The molecule has 0 saturated heterocycles. The number of primary amides is 1. The van der Waals surface area contributed by atoms with Gasteiger partial charge in [-0.15, -0.1) is 0 Å². The molecular weight excluding hydrogens is 254 g/mol. The third kappa shape index (κ3) is 4.66. The predicted molar refractivity (Wildman–Crippen MR) is 78.7 cm³/mol. The monoisotopic (exact) mass is 277 g/mol. The second-order valence-electron chi connectivity index (χ2n) is 5.25. The summed E-state index contributed by atoms with van der Waals surface area (Å²) in [6.45, 7) is 3.90. The fourth-order valence-electron chi connectivity index (χ4n) is 2.02. The molecule has 1 aromatic carbocycles. The maximum Gasteiger partial charge on any atom is 0.240 e. The van der Waals surface area contributed by atoms with Gasteiger partial charge in [-0.05, 0) is 17.9 Å². The van der Waals surface area contributed by atoms with E-state index in [1.165, 1.54) is 0 Å². The molecule has 1 aromatic rings. The second-order valence-corrected chi connectivity index (χ2v) is 5.25. The molecule has 110 valence electrons. The van der Waals surface area contributed by atoms with E-state index in [9.17, 15) is 9.59 Å². The van der Waals surface area contributed by atoms with Crippen molar-refractivity contribution < 1.29 is 9.59 Å². The third-order valence-corrected chi connectivity index (χ3v) is 3.25. The van der Waals surface area contributed by atoms with E-state index in [4.69, 9.17) is 11.5 Å². The molecule has 0 radical (unpaired) electrons. The van der Waals surface area contributed by atoms with E-state index in [2.05, 4.69) is 5.32 Å². The van der Waals surface area contributed by atoms with Crippen molar-refractivity contribution in [2.45, 2.75) is 26.3 Å². The molecule has 2 unspecified atom stereocenters. The summed E-state index contributed by atoms with van der Waals surface area (Å²) in [5.41, 5.74) is 12.0. The predicted octanol–water partition coefficient (Wildman–Crippen LogP) is 0.430. The normalized spacial score (nSPS) is 13.8. The van der Waals surface area contributed by atoms with Crippen molar-refractivity contribution in [3.63, 3.8) is 0 Å². The van der Waals surface area contributed by atoms with Gasteiger partial charge in [0.25, 0.3) is 0 Å². The van der Waals surface area contributed by atoms with Crippen LogP contribution in [0.5, 0.6) is 0 Å². The van der Waals surface area contributed by atoms with Crippen LogP contribution in [0.2, 0.25) is 0 Å². The van der Waals surface area contributed by atoms with Gasteiger partial charge >= 0.3 is 0 Å². The average molecular weight is 277 g/mol. The Kier molecular flexibility index (Phi) is 6.18. The largest absolute Gasteiger partial charge is 0.368 e. The van der Waals surface area contributed by atoms with Gasteiger partial charge < -0.3 is 16.8 Å². The van der Waals surface area contributed by atoms with E-state index >= 15 is 0 Å². The highest BCUT2D eigenvalue weighted by Gasteiger charge is 2.25. The maximum absolute atomic E-state index is 12.2. The summed E-state index contributed by atoms with van der Waals surface area (Å²) in [5, 5.41) is 2.69. The number of carbonyl (C=O) groups excluding carboxylic acids is 2. The van der Waals surface area contributed by atoms with E-state index in [1.54, 1.807) is 0 Å². The first-order chi connectivity index (χ1) is 9.45. The molecule has 0 heterocycles. The van der Waals surface area contributed by atoms with Gasteiger partial charge in [0.05, 0.1) is 5.92 Å². The van der Waals surface area contributed by atoms with Crippen LogP contribution in [0.1, 0.15) is 19.4 Å². The van der Waals surface area contributed by atoms with Gasteiger partial charge in [0.15, 0.2) is 0 Å². The van der Waals surface area contributed by atoms with Crippen molar-refractivity contribution in [1.29, 1.82) is 0 Å². The Balaban J connectivity index is 2.69. The van der Waals surface area contributed by atoms with Crippen molar-refractivity contribution in [3.8, 4) is 0 Å². The lowest BCUT2D eigenvalue weighted by Crippen LogP contribution is -2.50. The SMILES string of the molecule is CC(C)C(NC(=O)C(CN)Cc1ccccc1)C(N)=O. The zero-order valence-electron chi connectivity index (χ0n) is 12.0. The first-order valence-electron chi connectivity index (χ1n) is 6.79. The Morgan fingerprint density at radius 3 is 2.25 bits per heavy atom. The van der Waals surface area contributed by atoms with Crippen molar-refractivity contribution in [2.75, 3.05) is 6.54 Å². The van der Waals surface area contributed by atoms with Crippen molar-refractivity contribution >= 4 is 11.8 Å². The van der Waals surface area contributed by atoms with Gasteiger partial charge in [-0.2, -0.15) is 0 Å². The molecular formula is C15H23N3O2. The summed E-state index contributed by atoms with van der Waals surface area (Å²) in [5.74, 6) is -1.16. The highest BCUT2D eigenvalue weighted by molar-refractivity contribution is 5.87. The lowest BCUT2D eigenvalue weighted by Gasteiger charge is -2.22. The van der Waals surface area contributed by atoms with Crippen molar-refractivity contribution in [1.82, 2.24) is 5.32 Å². The van der Waals surface area contributed by atoms with Crippen LogP contribution in [0.25, 0.3) is 0 Å². The zero-order valence-corrected chi connectivity index (χ0v) is 12.0. The highest BCUT2D eigenvalue weighted by Crippen LogP contribution is 2.09. The number of amides is 2. The summed E-state index contributed by atoms with van der Waals surface area (Å²) in [4.78, 5) is 23.5. The standard InChI is InChI=1S/C15H23N3O2/c1-10(2)13(14(17)19)18-15(20)12(9-16)8-11-6-4-3-5-7-11/h3-7,10,12-13H,8-9,16H2,1-2H3,(H2,17,19)(H,18,20). The van der Waals surface area contributed by atoms with Crippen LogP contribution < -0.4 is 16.8 Å². The molecule has 0 aliphatic heterocycles. The van der Waals surface area contributed by atoms with E-state index in [0.29, 0.717) is 6.42 Å². The van der Waals surface area contributed by atoms with Gasteiger partial charge in [-0.25, -0.2) is 0 Å². The van der Waals surface area contributed by atoms with Crippen LogP contribution in [-0.4, -0.2) is 24.4 Å². The van der Waals surface area contributed by atoms with Crippen LogP contribution in [0.3, 0.4) is 0 Å². The topological polar surface area (TPSA) is 98.2 Å². The van der Waals surface area contributed by atoms with Crippen molar-refractivity contribution in [2.24, 2.45) is 23.3 Å². The Bertz CT molecular complexity index is 446. The molecule has 5 heteroatoms. The molecule has 0 fully saturated rings. The number of nitrogens with one attached hydrogen (secondary N) is 1. The lowest BCUT2D eigenvalue weighted by molar-refractivity contribution is -0.130. The summed E-state index contributed by atoms with van der Waals surface area (Å²) < 4.78 is 0. The number of hydrogen-bond donors (Lipinski definition) is 3. The van der Waals surface area contributed by atoms with Gasteiger partial charge in [0, 0.05) is 6.54 Å². The quantitative estimate of drug-likeness (QED) is 0.674. The van der Waals surface area contributed by atoms with Crippen LogP contribution in [0.4, 0.5) is 0 Å². The number of hydrogen-bond acceptors (Lipinski definition) is 3. The molecule has 2 amide bonds. The third-order valence-electron chi connectivity index (χ3n) is 3.25. The fraction of sp³-hybridized carbons (Fsp3) is 0.467. The molecule has 0 aromatic heterocycles. The Hall–Kier alpha value is -1.88. The smallest absolute Gasteiger partial charge is 0.240 e. The number of rotatable bonds is 7. The minimum Gasteiger partial charge on any atom is -0.368 e. The zero-order chi connectivity index (χ0) is 15.1. The first kappa shape index (κ1) is 16.2. The number of nitrogens with two attached hydrogens (primary N) is 2. The van der Waals surface area contributed by atoms with E-state index in [1.807, 2.05) is 44.2 Å². The van der Waals surface area contributed by atoms with E-state index < -0.39 is 11.9 Å². The second kappa shape index (κ2) is 7.65. The molecule has 0 aliphatic rings. The molecule has 0 saturated carbocycles. The molecule has 5 nitrogen and oxygen atoms in total. The summed E-state index contributed by atoms with van der Waals surface area (Å²) in [6, 6.07) is 8.99. The van der Waals surface area contributed by atoms with Crippen LogP contribution in [0, 0.1) is 11.8 Å². The van der Waals surface area contributed by atoms with Crippen molar-refractivity contribution in [3.05, 3.63) is 35.9 Å². The van der Waals surface area contributed by atoms with Gasteiger partial charge in [0.2, 0.25) is 11.8 Å². The average Bonchev–Trinajstić information content (AvgIpc) is 2.42. The minimum absolute atomic E-state index is 0.0494. The molecule has 0 aliphatic carbocycles. The summed E-state index contributed by atoms with van der Waals surface area (Å²) in [7, 11) is 0. The van der Waals surface area contributed by atoms with Gasteiger partial charge in [0.1, 0.15) is 6.04 Å². The molecule has 0 bridgehead atoms. The van der Waals surface area contributed by atoms with Crippen LogP contribution >= 0.6 is 0 Å². The van der Waals surface area contributed by atoms with Gasteiger partial charge in [-0.1, -0.05) is 44.2 Å². The Morgan fingerprint density at radius 2 is 1.80 bits per heavy atom. The van der Waals surface area contributed by atoms with Gasteiger partial charge in [-0.3, -0.25) is 9.59 Å². The van der Waals surface area contributed by atoms with E-state index in [0.717, 1.165) is 5.56 Å².